The van der Waals surface area contributed by atoms with Crippen LogP contribution in [-0.4, -0.2) is 6.10 Å². The van der Waals surface area contributed by atoms with Gasteiger partial charge in [-0.1, -0.05) is 54.6 Å². The summed E-state index contributed by atoms with van der Waals surface area (Å²) in [6.07, 6.45) is 10.5. The first-order chi connectivity index (χ1) is 7.45. The molecule has 0 N–H and O–H groups in total. The molecule has 2 aliphatic rings. The molecule has 0 spiro atoms. The molecule has 1 saturated heterocycles. The standard InChI is InChI=1S/C14H14O/c1-3-7-11(8-4-1)13-14(15-13)12-9-5-2-6-10-12/h1-9,12-14H,10H2/t12?,13?,14-/m1/s1. The summed E-state index contributed by atoms with van der Waals surface area (Å²) in [7, 11) is 0. The Morgan fingerprint density at radius 3 is 2.67 bits per heavy atom. The molecular weight excluding hydrogens is 184 g/mol. The van der Waals surface area contributed by atoms with Crippen molar-refractivity contribution in [3.05, 3.63) is 60.2 Å². The van der Waals surface area contributed by atoms with Crippen molar-refractivity contribution in [1.29, 1.82) is 0 Å². The smallest absolute Gasteiger partial charge is 0.110 e. The monoisotopic (exact) mass is 198 g/mol. The molecule has 1 nitrogen and oxygen atoms in total. The van der Waals surface area contributed by atoms with Gasteiger partial charge in [-0.15, -0.1) is 0 Å². The lowest BCUT2D eigenvalue weighted by Gasteiger charge is -2.08. The van der Waals surface area contributed by atoms with E-state index in [1.54, 1.807) is 0 Å². The molecule has 1 aliphatic heterocycles. The Bertz CT molecular complexity index is 391. The summed E-state index contributed by atoms with van der Waals surface area (Å²) in [6.45, 7) is 0. The topological polar surface area (TPSA) is 12.5 Å². The van der Waals surface area contributed by atoms with E-state index in [2.05, 4.69) is 48.6 Å². The molecule has 0 amide bonds. The lowest BCUT2D eigenvalue weighted by atomic mass is 9.93. The van der Waals surface area contributed by atoms with Crippen molar-refractivity contribution in [3.8, 4) is 0 Å². The van der Waals surface area contributed by atoms with Gasteiger partial charge in [-0.05, 0) is 12.0 Å². The van der Waals surface area contributed by atoms with E-state index in [1.807, 2.05) is 6.07 Å². The van der Waals surface area contributed by atoms with E-state index in [-0.39, 0.29) is 0 Å². The molecule has 1 aliphatic carbocycles. The van der Waals surface area contributed by atoms with Crippen LogP contribution >= 0.6 is 0 Å². The maximum absolute atomic E-state index is 5.76. The first-order valence-corrected chi connectivity index (χ1v) is 5.49. The number of hydrogen-bond acceptors (Lipinski definition) is 1. The first kappa shape index (κ1) is 8.93. The highest BCUT2D eigenvalue weighted by Gasteiger charge is 2.44. The molecule has 1 heterocycles. The lowest BCUT2D eigenvalue weighted by Crippen LogP contribution is -2.06. The molecular formula is C14H14O. The van der Waals surface area contributed by atoms with Crippen LogP contribution in [0.3, 0.4) is 0 Å². The molecule has 15 heavy (non-hydrogen) atoms. The number of epoxide rings is 1. The Morgan fingerprint density at radius 1 is 1.07 bits per heavy atom. The van der Waals surface area contributed by atoms with Gasteiger partial charge < -0.3 is 4.74 Å². The van der Waals surface area contributed by atoms with Gasteiger partial charge in [0.25, 0.3) is 0 Å². The maximum atomic E-state index is 5.76. The zero-order chi connectivity index (χ0) is 10.1. The molecule has 2 unspecified atom stereocenters. The minimum Gasteiger partial charge on any atom is -0.364 e. The highest BCUT2D eigenvalue weighted by molar-refractivity contribution is 5.25. The van der Waals surface area contributed by atoms with E-state index >= 15 is 0 Å². The summed E-state index contributed by atoms with van der Waals surface area (Å²) in [4.78, 5) is 0. The van der Waals surface area contributed by atoms with Gasteiger partial charge in [0.1, 0.15) is 6.10 Å². The fourth-order valence-corrected chi connectivity index (χ4v) is 2.20. The van der Waals surface area contributed by atoms with Gasteiger partial charge in [0, 0.05) is 5.92 Å². The van der Waals surface area contributed by atoms with Crippen LogP contribution in [-0.2, 0) is 4.74 Å². The molecule has 0 radical (unpaired) electrons. The van der Waals surface area contributed by atoms with Gasteiger partial charge in [-0.2, -0.15) is 0 Å². The van der Waals surface area contributed by atoms with E-state index in [0.717, 1.165) is 6.42 Å². The van der Waals surface area contributed by atoms with Crippen molar-refractivity contribution in [2.45, 2.75) is 18.6 Å². The predicted octanol–water partition coefficient (Wildman–Crippen LogP) is 3.26. The highest BCUT2D eigenvalue weighted by atomic mass is 16.6. The summed E-state index contributed by atoms with van der Waals surface area (Å²) in [5, 5.41) is 0. The summed E-state index contributed by atoms with van der Waals surface area (Å²) < 4.78 is 5.76. The Balaban J connectivity index is 1.69. The molecule has 0 saturated carbocycles. The van der Waals surface area contributed by atoms with Crippen LogP contribution in [0.4, 0.5) is 0 Å². The van der Waals surface area contributed by atoms with Crippen LogP contribution in [0.1, 0.15) is 18.1 Å². The van der Waals surface area contributed by atoms with Crippen molar-refractivity contribution < 1.29 is 4.74 Å². The van der Waals surface area contributed by atoms with Crippen molar-refractivity contribution in [2.75, 3.05) is 0 Å². The van der Waals surface area contributed by atoms with Gasteiger partial charge in [0.05, 0.1) is 6.10 Å². The van der Waals surface area contributed by atoms with Crippen LogP contribution in [0.2, 0.25) is 0 Å². The molecule has 1 fully saturated rings. The number of ether oxygens (including phenoxy) is 1. The van der Waals surface area contributed by atoms with Gasteiger partial charge >= 0.3 is 0 Å². The molecule has 0 bridgehead atoms. The molecule has 1 heteroatoms. The van der Waals surface area contributed by atoms with Crippen molar-refractivity contribution in [3.63, 3.8) is 0 Å². The van der Waals surface area contributed by atoms with Gasteiger partial charge in [-0.25, -0.2) is 0 Å². The average Bonchev–Trinajstić information content (AvgIpc) is 3.11. The summed E-state index contributed by atoms with van der Waals surface area (Å²) in [5.74, 6) is 0.570. The summed E-state index contributed by atoms with van der Waals surface area (Å²) in [5.41, 5.74) is 1.31. The van der Waals surface area contributed by atoms with Gasteiger partial charge in [-0.3, -0.25) is 0 Å². The number of hydrogen-bond donors (Lipinski definition) is 0. The van der Waals surface area contributed by atoms with Crippen molar-refractivity contribution in [2.24, 2.45) is 5.92 Å². The summed E-state index contributed by atoms with van der Waals surface area (Å²) in [6, 6.07) is 10.5. The second-order valence-corrected chi connectivity index (χ2v) is 4.14. The van der Waals surface area contributed by atoms with Crippen LogP contribution in [0, 0.1) is 5.92 Å². The Labute approximate surface area is 90.1 Å². The van der Waals surface area contributed by atoms with Gasteiger partial charge in [0.2, 0.25) is 0 Å². The first-order valence-electron chi connectivity index (χ1n) is 5.49. The largest absolute Gasteiger partial charge is 0.364 e. The quantitative estimate of drug-likeness (QED) is 0.664. The second kappa shape index (κ2) is 3.67. The molecule has 1 aromatic carbocycles. The zero-order valence-electron chi connectivity index (χ0n) is 8.54. The van der Waals surface area contributed by atoms with E-state index in [4.69, 9.17) is 4.74 Å². The van der Waals surface area contributed by atoms with Crippen molar-refractivity contribution in [1.82, 2.24) is 0 Å². The normalized spacial score (nSPS) is 32.9. The highest BCUT2D eigenvalue weighted by Crippen LogP contribution is 2.45. The van der Waals surface area contributed by atoms with E-state index in [9.17, 15) is 0 Å². The zero-order valence-corrected chi connectivity index (χ0v) is 8.54. The van der Waals surface area contributed by atoms with E-state index in [0.29, 0.717) is 18.1 Å². The van der Waals surface area contributed by atoms with Gasteiger partial charge in [0.15, 0.2) is 0 Å². The fourth-order valence-electron chi connectivity index (χ4n) is 2.20. The predicted molar refractivity (Wildman–Crippen MR) is 60.4 cm³/mol. The summed E-state index contributed by atoms with van der Waals surface area (Å²) >= 11 is 0. The minimum atomic E-state index is 0.326. The SMILES string of the molecule is C1=CCC([C@H]2OC2c2ccccc2)C=C1. The van der Waals surface area contributed by atoms with E-state index in [1.165, 1.54) is 5.56 Å². The molecule has 76 valence electrons. The van der Waals surface area contributed by atoms with Crippen LogP contribution in [0.5, 0.6) is 0 Å². The average molecular weight is 198 g/mol. The maximum Gasteiger partial charge on any atom is 0.110 e. The van der Waals surface area contributed by atoms with Crippen molar-refractivity contribution >= 4 is 0 Å². The Morgan fingerprint density at radius 2 is 1.93 bits per heavy atom. The molecule has 1 aromatic rings. The Kier molecular flexibility index (Phi) is 2.18. The lowest BCUT2D eigenvalue weighted by molar-refractivity contribution is 0.340. The van der Waals surface area contributed by atoms with E-state index < -0.39 is 0 Å². The minimum absolute atomic E-state index is 0.326. The third-order valence-corrected chi connectivity index (χ3v) is 3.09. The van der Waals surface area contributed by atoms with Crippen LogP contribution in [0.15, 0.2) is 54.6 Å². The number of allylic oxidation sites excluding steroid dienone is 3. The molecule has 0 aromatic heterocycles. The fraction of sp³-hybridized carbons (Fsp3) is 0.286. The molecule has 3 atom stereocenters. The number of rotatable bonds is 2. The molecule has 3 rings (SSSR count). The Hall–Kier alpha value is -1.34. The van der Waals surface area contributed by atoms with Crippen LogP contribution in [0.25, 0.3) is 0 Å². The van der Waals surface area contributed by atoms with Crippen LogP contribution < -0.4 is 0 Å². The third kappa shape index (κ3) is 1.75. The number of benzene rings is 1. The second-order valence-electron chi connectivity index (χ2n) is 4.14. The third-order valence-electron chi connectivity index (χ3n) is 3.09.